The predicted octanol–water partition coefficient (Wildman–Crippen LogP) is 1.61. The number of nitrogens with one attached hydrogen (secondary N) is 1. The summed E-state index contributed by atoms with van der Waals surface area (Å²) >= 11 is 1.24. The van der Waals surface area contributed by atoms with Gasteiger partial charge in [0.2, 0.25) is 11.1 Å². The largest absolute Gasteiger partial charge is 0.497 e. The van der Waals surface area contributed by atoms with Gasteiger partial charge in [0.05, 0.1) is 23.9 Å². The van der Waals surface area contributed by atoms with Crippen LogP contribution in [-0.2, 0) is 14.6 Å². The maximum absolute atomic E-state index is 12.6. The number of benzene rings is 1. The van der Waals surface area contributed by atoms with Gasteiger partial charge >= 0.3 is 0 Å². The number of carbonyl (C=O) groups is 1. The summed E-state index contributed by atoms with van der Waals surface area (Å²) < 4.78 is 28.4. The van der Waals surface area contributed by atoms with E-state index < -0.39 is 15.1 Å². The number of nitrogens with zero attached hydrogens (tertiary/aromatic N) is 3. The summed E-state index contributed by atoms with van der Waals surface area (Å²) in [7, 11) is 0.234. The maximum atomic E-state index is 12.6. The number of methoxy groups -OCH3 is 1. The highest BCUT2D eigenvalue weighted by molar-refractivity contribution is 8.00. The van der Waals surface area contributed by atoms with Crippen molar-refractivity contribution in [2.75, 3.05) is 25.7 Å². The number of sulfone groups is 1. The van der Waals surface area contributed by atoms with E-state index in [9.17, 15) is 13.2 Å². The fourth-order valence-corrected chi connectivity index (χ4v) is 5.53. The first-order valence-electron chi connectivity index (χ1n) is 8.49. The Morgan fingerprint density at radius 2 is 2.07 bits per heavy atom. The van der Waals surface area contributed by atoms with Crippen LogP contribution in [0.5, 0.6) is 5.75 Å². The van der Waals surface area contributed by atoms with Gasteiger partial charge in [0.1, 0.15) is 5.75 Å². The number of hydrogen-bond acceptors (Lipinski definition) is 7. The lowest BCUT2D eigenvalue weighted by molar-refractivity contribution is -0.130. The van der Waals surface area contributed by atoms with Crippen LogP contribution in [0.15, 0.2) is 29.4 Å². The molecule has 0 spiro atoms. The Balaban J connectivity index is 1.63. The normalized spacial score (nSPS) is 19.6. The molecule has 10 heteroatoms. The predicted molar refractivity (Wildman–Crippen MR) is 104 cm³/mol. The lowest BCUT2D eigenvalue weighted by Gasteiger charge is -2.25. The molecule has 0 bridgehead atoms. The Labute approximate surface area is 162 Å². The molecule has 0 unspecified atom stereocenters. The second-order valence-corrected chi connectivity index (χ2v) is 10.00. The number of thioether (sulfide) groups is 1. The molecule has 1 aliphatic rings. The van der Waals surface area contributed by atoms with Gasteiger partial charge in [-0.3, -0.25) is 9.89 Å². The summed E-state index contributed by atoms with van der Waals surface area (Å²) in [6.07, 6.45) is 0.490. The van der Waals surface area contributed by atoms with Gasteiger partial charge in [0.15, 0.2) is 15.7 Å². The number of amides is 1. The number of ether oxygens (including phenoxy) is 1. The summed E-state index contributed by atoms with van der Waals surface area (Å²) in [5, 5.41) is 7.09. The van der Waals surface area contributed by atoms with E-state index in [1.807, 2.05) is 24.3 Å². The van der Waals surface area contributed by atoms with Crippen molar-refractivity contribution in [3.05, 3.63) is 24.3 Å². The smallest absolute Gasteiger partial charge is 0.235 e. The molecule has 2 aromatic rings. The Morgan fingerprint density at radius 1 is 1.37 bits per heavy atom. The number of rotatable bonds is 6. The van der Waals surface area contributed by atoms with Crippen molar-refractivity contribution in [2.24, 2.45) is 0 Å². The van der Waals surface area contributed by atoms with E-state index in [1.54, 1.807) is 26.0 Å². The zero-order valence-electron chi connectivity index (χ0n) is 15.4. The number of aromatic nitrogens is 3. The lowest BCUT2D eigenvalue weighted by Crippen LogP contribution is -2.41. The minimum Gasteiger partial charge on any atom is -0.497 e. The number of H-pyrrole nitrogens is 1. The fourth-order valence-electron chi connectivity index (χ4n) is 2.93. The third-order valence-electron chi connectivity index (χ3n) is 4.56. The summed E-state index contributed by atoms with van der Waals surface area (Å²) in [6.45, 7) is 1.77. The molecule has 146 valence electrons. The van der Waals surface area contributed by atoms with Crippen molar-refractivity contribution in [2.45, 2.75) is 29.8 Å². The van der Waals surface area contributed by atoms with Crippen LogP contribution in [-0.4, -0.2) is 71.4 Å². The van der Waals surface area contributed by atoms with Crippen LogP contribution in [0.3, 0.4) is 0 Å². The number of carbonyl (C=O) groups excluding carboxylic acids is 1. The molecule has 1 aromatic carbocycles. The Hall–Kier alpha value is -2.07. The molecule has 1 saturated heterocycles. The summed E-state index contributed by atoms with van der Waals surface area (Å²) in [5.74, 6) is 1.41. The summed E-state index contributed by atoms with van der Waals surface area (Å²) in [5.41, 5.74) is 0.863. The molecule has 1 aliphatic heterocycles. The Bertz CT molecular complexity index is 911. The molecule has 2 heterocycles. The Morgan fingerprint density at radius 3 is 2.67 bits per heavy atom. The van der Waals surface area contributed by atoms with Crippen molar-refractivity contribution in [3.8, 4) is 17.1 Å². The molecule has 27 heavy (non-hydrogen) atoms. The molecule has 1 aromatic heterocycles. The monoisotopic (exact) mass is 410 g/mol. The van der Waals surface area contributed by atoms with E-state index in [1.165, 1.54) is 11.8 Å². The molecular formula is C17H22N4O4S2. The van der Waals surface area contributed by atoms with E-state index >= 15 is 0 Å². The molecular weight excluding hydrogens is 388 g/mol. The van der Waals surface area contributed by atoms with Crippen LogP contribution in [0.25, 0.3) is 11.4 Å². The van der Waals surface area contributed by atoms with E-state index in [4.69, 9.17) is 4.74 Å². The van der Waals surface area contributed by atoms with Crippen LogP contribution in [0, 0.1) is 0 Å². The van der Waals surface area contributed by atoms with Crippen molar-refractivity contribution >= 4 is 27.5 Å². The van der Waals surface area contributed by atoms with Crippen molar-refractivity contribution in [1.29, 1.82) is 0 Å². The first-order valence-corrected chi connectivity index (χ1v) is 11.2. The highest BCUT2D eigenvalue weighted by atomic mass is 32.2. The average Bonchev–Trinajstić information content (AvgIpc) is 3.26. The van der Waals surface area contributed by atoms with Gasteiger partial charge in [-0.2, -0.15) is 0 Å². The van der Waals surface area contributed by atoms with E-state index in [0.717, 1.165) is 11.3 Å². The number of aromatic amines is 1. The highest BCUT2D eigenvalue weighted by Gasteiger charge is 2.34. The van der Waals surface area contributed by atoms with Crippen molar-refractivity contribution < 1.29 is 17.9 Å². The van der Waals surface area contributed by atoms with Crippen molar-refractivity contribution in [3.63, 3.8) is 0 Å². The van der Waals surface area contributed by atoms with Gasteiger partial charge in [-0.25, -0.2) is 13.4 Å². The molecule has 0 radical (unpaired) electrons. The first-order chi connectivity index (χ1) is 12.8. The maximum Gasteiger partial charge on any atom is 0.235 e. The summed E-state index contributed by atoms with van der Waals surface area (Å²) in [4.78, 5) is 18.6. The second kappa shape index (κ2) is 7.89. The molecule has 2 atom stereocenters. The van der Waals surface area contributed by atoms with Gasteiger partial charge in [-0.15, -0.1) is 5.10 Å². The minimum absolute atomic E-state index is 0.0366. The highest BCUT2D eigenvalue weighted by Crippen LogP contribution is 2.26. The lowest BCUT2D eigenvalue weighted by atomic mass is 10.2. The second-order valence-electron chi connectivity index (χ2n) is 6.46. The average molecular weight is 411 g/mol. The zero-order chi connectivity index (χ0) is 19.6. The molecule has 1 N–H and O–H groups in total. The van der Waals surface area contributed by atoms with E-state index in [2.05, 4.69) is 15.2 Å². The molecule has 1 fully saturated rings. The molecule has 0 aliphatic carbocycles. The van der Waals surface area contributed by atoms with Gasteiger partial charge in [-0.05, 0) is 37.6 Å². The molecule has 8 nitrogen and oxygen atoms in total. The van der Waals surface area contributed by atoms with Crippen LogP contribution < -0.4 is 4.74 Å². The molecule has 0 saturated carbocycles. The van der Waals surface area contributed by atoms with Gasteiger partial charge < -0.3 is 9.64 Å². The molecule has 1 amide bonds. The SMILES string of the molecule is COc1ccc(-c2nc(S[C@@H](C)C(=O)N(C)[C@H]3CCS(=O)(=O)C3)n[nH]2)cc1. The third-order valence-corrected chi connectivity index (χ3v) is 7.26. The topological polar surface area (TPSA) is 105 Å². The Kier molecular flexibility index (Phi) is 5.75. The summed E-state index contributed by atoms with van der Waals surface area (Å²) in [6, 6.07) is 7.16. The van der Waals surface area contributed by atoms with E-state index in [0.29, 0.717) is 17.4 Å². The van der Waals surface area contributed by atoms with Gasteiger partial charge in [-0.1, -0.05) is 11.8 Å². The van der Waals surface area contributed by atoms with Crippen LogP contribution in [0.4, 0.5) is 0 Å². The van der Waals surface area contributed by atoms with Gasteiger partial charge in [0.25, 0.3) is 0 Å². The number of hydrogen-bond donors (Lipinski definition) is 1. The molecule has 3 rings (SSSR count). The third kappa shape index (κ3) is 4.62. The van der Waals surface area contributed by atoms with Crippen molar-refractivity contribution in [1.82, 2.24) is 20.1 Å². The standard InChI is InChI=1S/C17H22N4O4S2/c1-11(16(22)21(2)13-8-9-27(23,24)10-13)26-17-18-15(19-20-17)12-4-6-14(25-3)7-5-12/h4-7,11,13H,8-10H2,1-3H3,(H,18,19,20)/t11-,13-/m0/s1. The van der Waals surface area contributed by atoms with Crippen LogP contribution >= 0.6 is 11.8 Å². The van der Waals surface area contributed by atoms with Gasteiger partial charge in [0, 0.05) is 18.7 Å². The van der Waals surface area contributed by atoms with Crippen LogP contribution in [0.1, 0.15) is 13.3 Å². The quantitative estimate of drug-likeness (QED) is 0.721. The van der Waals surface area contributed by atoms with Crippen LogP contribution in [0.2, 0.25) is 0 Å². The first kappa shape index (κ1) is 19.7. The zero-order valence-corrected chi connectivity index (χ0v) is 17.0. The minimum atomic E-state index is -3.03. The van der Waals surface area contributed by atoms with E-state index in [-0.39, 0.29) is 23.5 Å². The fraction of sp³-hybridized carbons (Fsp3) is 0.471.